The number of allylic oxidation sites excluding steroid dienone is 1. The van der Waals surface area contributed by atoms with Crippen molar-refractivity contribution in [1.29, 1.82) is 0 Å². The monoisotopic (exact) mass is 200 g/mol. The maximum absolute atomic E-state index is 4.16. The fourth-order valence-corrected chi connectivity index (χ4v) is 2.02. The van der Waals surface area contributed by atoms with Crippen LogP contribution in [0, 0.1) is 0 Å². The van der Waals surface area contributed by atoms with Crippen molar-refractivity contribution in [3.8, 4) is 0 Å². The number of fused-ring (bicyclic) bond motifs is 1. The van der Waals surface area contributed by atoms with Gasteiger partial charge in [0.25, 0.3) is 0 Å². The van der Waals surface area contributed by atoms with Gasteiger partial charge in [-0.05, 0) is 18.2 Å². The summed E-state index contributed by atoms with van der Waals surface area (Å²) in [6.45, 7) is 10.8. The topological polar surface area (TPSA) is 3.01 Å². The molecule has 0 radical (unpaired) electrons. The Morgan fingerprint density at radius 3 is 2.53 bits per heavy atom. The second-order valence-corrected chi connectivity index (χ2v) is 5.11. The molecule has 1 aromatic rings. The zero-order valence-corrected chi connectivity index (χ0v) is 9.75. The van der Waals surface area contributed by atoms with E-state index in [1.165, 1.54) is 16.8 Å². The summed E-state index contributed by atoms with van der Waals surface area (Å²) in [7, 11) is 0. The van der Waals surface area contributed by atoms with Crippen molar-refractivity contribution in [2.45, 2.75) is 32.7 Å². The summed E-state index contributed by atoms with van der Waals surface area (Å²) < 4.78 is 2.27. The molecule has 0 N–H and O–H groups in total. The van der Waals surface area contributed by atoms with E-state index >= 15 is 0 Å². The van der Waals surface area contributed by atoms with Gasteiger partial charge in [-0.25, -0.2) is 0 Å². The van der Waals surface area contributed by atoms with E-state index in [9.17, 15) is 0 Å². The lowest BCUT2D eigenvalue weighted by Gasteiger charge is -2.22. The van der Waals surface area contributed by atoms with Gasteiger partial charge >= 0.3 is 0 Å². The highest BCUT2D eigenvalue weighted by Crippen LogP contribution is 2.22. The predicted molar refractivity (Wildman–Crippen MR) is 64.5 cm³/mol. The van der Waals surface area contributed by atoms with E-state index < -0.39 is 0 Å². The minimum atomic E-state index is 0.116. The van der Waals surface area contributed by atoms with Gasteiger partial charge in [-0.2, -0.15) is 4.58 Å². The van der Waals surface area contributed by atoms with Crippen LogP contribution in [0.3, 0.4) is 0 Å². The highest BCUT2D eigenvalue weighted by Gasteiger charge is 2.30. The molecule has 0 saturated heterocycles. The predicted octanol–water partition coefficient (Wildman–Crippen LogP) is 2.99. The van der Waals surface area contributed by atoms with Gasteiger partial charge in [-0.1, -0.05) is 18.2 Å². The number of hydrogen-bond acceptors (Lipinski definition) is 0. The van der Waals surface area contributed by atoms with Crippen molar-refractivity contribution in [2.75, 3.05) is 0 Å². The third-order valence-corrected chi connectivity index (χ3v) is 2.78. The van der Waals surface area contributed by atoms with E-state index in [1.54, 1.807) is 0 Å². The van der Waals surface area contributed by atoms with Gasteiger partial charge in [0.1, 0.15) is 0 Å². The summed E-state index contributed by atoms with van der Waals surface area (Å²) in [6, 6.07) is 8.52. The van der Waals surface area contributed by atoms with Crippen LogP contribution in [-0.2, 0) is 6.42 Å². The largest absolute Gasteiger partial charge is 0.198 e. The minimum Gasteiger partial charge on any atom is -0.198 e. The van der Waals surface area contributed by atoms with Gasteiger partial charge in [0.05, 0.1) is 6.42 Å². The van der Waals surface area contributed by atoms with E-state index in [2.05, 4.69) is 62.4 Å². The van der Waals surface area contributed by atoms with Crippen molar-refractivity contribution in [3.05, 3.63) is 47.7 Å². The molecule has 1 aliphatic rings. The van der Waals surface area contributed by atoms with Crippen LogP contribution >= 0.6 is 0 Å². The third-order valence-electron chi connectivity index (χ3n) is 2.78. The van der Waals surface area contributed by atoms with Gasteiger partial charge < -0.3 is 0 Å². The van der Waals surface area contributed by atoms with Gasteiger partial charge in [-0.15, -0.1) is 0 Å². The Bertz CT molecular complexity index is 433. The maximum atomic E-state index is 4.16. The summed E-state index contributed by atoms with van der Waals surface area (Å²) in [5.41, 5.74) is 3.99. The van der Waals surface area contributed by atoms with Crippen molar-refractivity contribution < 1.29 is 4.58 Å². The Kier molecular flexibility index (Phi) is 2.26. The Morgan fingerprint density at radius 1 is 1.20 bits per heavy atom. The lowest BCUT2D eigenvalue weighted by molar-refractivity contribution is -0.549. The van der Waals surface area contributed by atoms with E-state index in [-0.39, 0.29) is 5.54 Å². The first-order chi connectivity index (χ1) is 6.98. The molecule has 1 aromatic carbocycles. The van der Waals surface area contributed by atoms with Crippen molar-refractivity contribution in [1.82, 2.24) is 0 Å². The first kappa shape index (κ1) is 10.2. The molecule has 0 fully saturated rings. The molecular formula is C14H18N+. The summed E-state index contributed by atoms with van der Waals surface area (Å²) >= 11 is 0. The van der Waals surface area contributed by atoms with Gasteiger partial charge in [0.2, 0.25) is 0 Å². The van der Waals surface area contributed by atoms with Crippen LogP contribution in [0.4, 0.5) is 0 Å². The second kappa shape index (κ2) is 3.34. The summed E-state index contributed by atoms with van der Waals surface area (Å²) in [5.74, 6) is 0. The standard InChI is InChI=1S/C14H18N/c1-11-9-12-7-5-6-8-13(12)10-15(11)14(2,3)4/h5-8,10H,1,9H2,2-4H3/q+1. The molecule has 0 atom stereocenters. The van der Waals surface area contributed by atoms with Crippen LogP contribution in [0.25, 0.3) is 0 Å². The molecule has 0 saturated carbocycles. The molecular weight excluding hydrogens is 182 g/mol. The molecule has 0 bridgehead atoms. The molecule has 0 aliphatic carbocycles. The molecule has 78 valence electrons. The van der Waals surface area contributed by atoms with Gasteiger partial charge in [0, 0.05) is 26.3 Å². The molecule has 1 heteroatoms. The maximum Gasteiger partial charge on any atom is 0.179 e. The van der Waals surface area contributed by atoms with Gasteiger partial charge in [0.15, 0.2) is 17.5 Å². The van der Waals surface area contributed by atoms with E-state index in [0.29, 0.717) is 0 Å². The van der Waals surface area contributed by atoms with Crippen LogP contribution in [-0.4, -0.2) is 16.3 Å². The smallest absolute Gasteiger partial charge is 0.179 e. The molecule has 1 aliphatic heterocycles. The van der Waals surface area contributed by atoms with E-state index in [0.717, 1.165) is 6.42 Å². The minimum absolute atomic E-state index is 0.116. The highest BCUT2D eigenvalue weighted by atomic mass is 15.1. The Balaban J connectivity index is 2.53. The summed E-state index contributed by atoms with van der Waals surface area (Å²) in [4.78, 5) is 0. The van der Waals surface area contributed by atoms with Crippen molar-refractivity contribution in [3.63, 3.8) is 0 Å². The molecule has 1 heterocycles. The number of benzene rings is 1. The van der Waals surface area contributed by atoms with Crippen LogP contribution < -0.4 is 0 Å². The lowest BCUT2D eigenvalue weighted by Crippen LogP contribution is -2.35. The molecule has 0 aromatic heterocycles. The van der Waals surface area contributed by atoms with Crippen LogP contribution in [0.15, 0.2) is 36.5 Å². The average Bonchev–Trinajstić information content (AvgIpc) is 2.15. The summed E-state index contributed by atoms with van der Waals surface area (Å²) in [6.07, 6.45) is 3.17. The van der Waals surface area contributed by atoms with Crippen LogP contribution in [0.2, 0.25) is 0 Å². The lowest BCUT2D eigenvalue weighted by atomic mass is 9.97. The third kappa shape index (κ3) is 1.87. The Morgan fingerprint density at radius 2 is 1.87 bits per heavy atom. The van der Waals surface area contributed by atoms with Gasteiger partial charge in [-0.3, -0.25) is 0 Å². The first-order valence-corrected chi connectivity index (χ1v) is 5.38. The fraction of sp³-hybridized carbons (Fsp3) is 0.357. The summed E-state index contributed by atoms with van der Waals surface area (Å²) in [5, 5.41) is 0. The second-order valence-electron chi connectivity index (χ2n) is 5.11. The van der Waals surface area contributed by atoms with Crippen LogP contribution in [0.1, 0.15) is 31.9 Å². The molecule has 0 amide bonds. The molecule has 15 heavy (non-hydrogen) atoms. The van der Waals surface area contributed by atoms with Crippen molar-refractivity contribution in [2.24, 2.45) is 0 Å². The van der Waals surface area contributed by atoms with E-state index in [1.807, 2.05) is 0 Å². The number of rotatable bonds is 0. The Hall–Kier alpha value is -1.37. The molecule has 1 nitrogen and oxygen atoms in total. The first-order valence-electron chi connectivity index (χ1n) is 5.38. The Labute approximate surface area is 91.8 Å². The molecule has 0 spiro atoms. The van der Waals surface area contributed by atoms with E-state index in [4.69, 9.17) is 0 Å². The van der Waals surface area contributed by atoms with Crippen molar-refractivity contribution >= 4 is 6.21 Å². The SMILES string of the molecule is C=C1Cc2ccccc2C=[N+]1C(C)(C)C. The molecule has 2 rings (SSSR count). The quantitative estimate of drug-likeness (QED) is 0.566. The zero-order valence-electron chi connectivity index (χ0n) is 9.75. The highest BCUT2D eigenvalue weighted by molar-refractivity contribution is 5.79. The van der Waals surface area contributed by atoms with Crippen LogP contribution in [0.5, 0.6) is 0 Å². The number of nitrogens with zero attached hydrogens (tertiary/aromatic N) is 1. The average molecular weight is 200 g/mol. The normalized spacial score (nSPS) is 15.9. The number of hydrogen-bond donors (Lipinski definition) is 0. The molecule has 0 unspecified atom stereocenters. The fourth-order valence-electron chi connectivity index (χ4n) is 2.02. The zero-order chi connectivity index (χ0) is 11.1.